The first-order valence-corrected chi connectivity index (χ1v) is 10.9. The van der Waals surface area contributed by atoms with E-state index in [1.807, 2.05) is 29.8 Å². The van der Waals surface area contributed by atoms with Crippen LogP contribution < -0.4 is 5.32 Å². The van der Waals surface area contributed by atoms with Crippen molar-refractivity contribution in [3.63, 3.8) is 0 Å². The summed E-state index contributed by atoms with van der Waals surface area (Å²) in [5.41, 5.74) is 3.77. The van der Waals surface area contributed by atoms with E-state index in [4.69, 9.17) is 4.52 Å². The molecule has 2 saturated carbocycles. The van der Waals surface area contributed by atoms with Gasteiger partial charge in [-0.3, -0.25) is 4.79 Å². The van der Waals surface area contributed by atoms with Gasteiger partial charge in [0.05, 0.1) is 23.1 Å². The second-order valence-electron chi connectivity index (χ2n) is 8.58. The molecule has 3 aromatic rings. The molecule has 7 heteroatoms. The van der Waals surface area contributed by atoms with E-state index in [1.165, 1.54) is 12.8 Å². The number of hydrogen-bond acceptors (Lipinski definition) is 5. The van der Waals surface area contributed by atoms with Crippen molar-refractivity contribution >= 4 is 5.91 Å². The molecule has 0 aliphatic heterocycles. The van der Waals surface area contributed by atoms with Crippen molar-refractivity contribution in [2.24, 2.45) is 0 Å². The highest BCUT2D eigenvalue weighted by Gasteiger charge is 2.34. The zero-order valence-electron chi connectivity index (χ0n) is 17.5. The Morgan fingerprint density at radius 3 is 2.67 bits per heavy atom. The Morgan fingerprint density at radius 1 is 1.17 bits per heavy atom. The van der Waals surface area contributed by atoms with Crippen molar-refractivity contribution in [2.75, 3.05) is 0 Å². The molecule has 0 bridgehead atoms. The molecule has 2 aliphatic rings. The van der Waals surface area contributed by atoms with Crippen LogP contribution in [0.15, 0.2) is 35.0 Å². The van der Waals surface area contributed by atoms with Crippen LogP contribution in [0.25, 0.3) is 5.69 Å². The standard InChI is InChI=1S/C23H27N5O2/c1-14-7-3-6-10-19(14)28-20(16-11-12-16)18(13-24-28)22(29)25-15(2)23-26-21(27-30-23)17-8-4-5-9-17/h3,6-7,10,13,15-17H,4-5,8-9,11-12H2,1-2H3,(H,25,29)/t15-/m0/s1. The molecule has 2 aromatic heterocycles. The molecule has 0 saturated heterocycles. The number of benzene rings is 1. The van der Waals surface area contributed by atoms with Crippen LogP contribution in [-0.2, 0) is 0 Å². The zero-order chi connectivity index (χ0) is 20.7. The van der Waals surface area contributed by atoms with Crippen molar-refractivity contribution < 1.29 is 9.32 Å². The first kappa shape index (κ1) is 19.0. The summed E-state index contributed by atoms with van der Waals surface area (Å²) in [4.78, 5) is 17.7. The van der Waals surface area contributed by atoms with Crippen LogP contribution in [0.5, 0.6) is 0 Å². The number of carbonyl (C=O) groups excluding carboxylic acids is 1. The highest BCUT2D eigenvalue weighted by molar-refractivity contribution is 5.95. The van der Waals surface area contributed by atoms with Crippen LogP contribution >= 0.6 is 0 Å². The molecule has 1 N–H and O–H groups in total. The zero-order valence-corrected chi connectivity index (χ0v) is 17.5. The molecule has 1 atom stereocenters. The SMILES string of the molecule is Cc1ccccc1-n1ncc(C(=O)N[C@@H](C)c2nc(C3CCCC3)no2)c1C1CC1. The second-order valence-corrected chi connectivity index (χ2v) is 8.58. The van der Waals surface area contributed by atoms with Crippen LogP contribution in [0, 0.1) is 6.92 Å². The van der Waals surface area contributed by atoms with Gasteiger partial charge in [-0.15, -0.1) is 0 Å². The van der Waals surface area contributed by atoms with Crippen molar-refractivity contribution in [3.8, 4) is 5.69 Å². The Labute approximate surface area is 175 Å². The van der Waals surface area contributed by atoms with E-state index in [0.717, 1.165) is 48.5 Å². The number of nitrogens with zero attached hydrogens (tertiary/aromatic N) is 4. The fraction of sp³-hybridized carbons (Fsp3) is 0.478. The lowest BCUT2D eigenvalue weighted by Gasteiger charge is -2.13. The molecule has 5 rings (SSSR count). The van der Waals surface area contributed by atoms with E-state index in [2.05, 4.69) is 33.5 Å². The maximum Gasteiger partial charge on any atom is 0.255 e. The Balaban J connectivity index is 1.37. The van der Waals surface area contributed by atoms with Crippen molar-refractivity contribution in [1.82, 2.24) is 25.2 Å². The summed E-state index contributed by atoms with van der Waals surface area (Å²) >= 11 is 0. The Kier molecular flexibility index (Phi) is 4.89. The van der Waals surface area contributed by atoms with Crippen molar-refractivity contribution in [1.29, 1.82) is 0 Å². The van der Waals surface area contributed by atoms with Gasteiger partial charge in [-0.25, -0.2) is 4.68 Å². The molecule has 7 nitrogen and oxygen atoms in total. The quantitative estimate of drug-likeness (QED) is 0.648. The fourth-order valence-electron chi connectivity index (χ4n) is 4.38. The topological polar surface area (TPSA) is 85.8 Å². The largest absolute Gasteiger partial charge is 0.340 e. The molecule has 156 valence electrons. The average molecular weight is 406 g/mol. The van der Waals surface area contributed by atoms with Gasteiger partial charge in [0.1, 0.15) is 6.04 Å². The lowest BCUT2D eigenvalue weighted by atomic mass is 10.1. The summed E-state index contributed by atoms with van der Waals surface area (Å²) in [6.07, 6.45) is 8.51. The third-order valence-corrected chi connectivity index (χ3v) is 6.25. The van der Waals surface area contributed by atoms with Gasteiger partial charge < -0.3 is 9.84 Å². The molecule has 0 radical (unpaired) electrons. The van der Waals surface area contributed by atoms with Crippen LogP contribution in [0.4, 0.5) is 0 Å². The van der Waals surface area contributed by atoms with E-state index in [0.29, 0.717) is 23.3 Å². The van der Waals surface area contributed by atoms with E-state index in [-0.39, 0.29) is 11.9 Å². The van der Waals surface area contributed by atoms with Gasteiger partial charge in [0.2, 0.25) is 5.89 Å². The van der Waals surface area contributed by atoms with Gasteiger partial charge in [-0.1, -0.05) is 36.2 Å². The Morgan fingerprint density at radius 2 is 1.93 bits per heavy atom. The molecule has 2 heterocycles. The van der Waals surface area contributed by atoms with Gasteiger partial charge in [0, 0.05) is 11.8 Å². The van der Waals surface area contributed by atoms with Gasteiger partial charge in [0.25, 0.3) is 5.91 Å². The molecule has 2 aliphatic carbocycles. The molecule has 2 fully saturated rings. The van der Waals surface area contributed by atoms with Gasteiger partial charge in [-0.2, -0.15) is 10.1 Å². The number of amides is 1. The predicted octanol–water partition coefficient (Wildman–Crippen LogP) is 4.59. The highest BCUT2D eigenvalue weighted by atomic mass is 16.5. The molecular weight excluding hydrogens is 378 g/mol. The number of aromatic nitrogens is 4. The third kappa shape index (κ3) is 3.53. The van der Waals surface area contributed by atoms with Crippen LogP contribution in [0.3, 0.4) is 0 Å². The lowest BCUT2D eigenvalue weighted by Crippen LogP contribution is -2.27. The fourth-order valence-corrected chi connectivity index (χ4v) is 4.38. The Hall–Kier alpha value is -2.96. The van der Waals surface area contributed by atoms with Crippen LogP contribution in [0.2, 0.25) is 0 Å². The maximum absolute atomic E-state index is 13.1. The molecule has 30 heavy (non-hydrogen) atoms. The number of para-hydroxylation sites is 1. The van der Waals surface area contributed by atoms with Gasteiger partial charge in [0.15, 0.2) is 5.82 Å². The average Bonchev–Trinajstić information content (AvgIpc) is 3.18. The summed E-state index contributed by atoms with van der Waals surface area (Å²) < 4.78 is 7.39. The van der Waals surface area contributed by atoms with Crippen molar-refractivity contribution in [3.05, 3.63) is 59.0 Å². The number of aryl methyl sites for hydroxylation is 1. The van der Waals surface area contributed by atoms with Crippen LogP contribution in [-0.4, -0.2) is 25.8 Å². The molecule has 1 aromatic carbocycles. The molecular formula is C23H27N5O2. The monoisotopic (exact) mass is 405 g/mol. The first-order chi connectivity index (χ1) is 14.6. The summed E-state index contributed by atoms with van der Waals surface area (Å²) in [6, 6.07) is 7.77. The minimum absolute atomic E-state index is 0.148. The second kappa shape index (κ2) is 7.70. The minimum Gasteiger partial charge on any atom is -0.340 e. The first-order valence-electron chi connectivity index (χ1n) is 10.9. The van der Waals surface area contributed by atoms with E-state index >= 15 is 0 Å². The Bertz CT molecular complexity index is 1060. The van der Waals surface area contributed by atoms with Crippen LogP contribution in [0.1, 0.15) is 96.7 Å². The molecule has 1 amide bonds. The van der Waals surface area contributed by atoms with E-state index in [9.17, 15) is 4.79 Å². The maximum atomic E-state index is 13.1. The molecule has 0 spiro atoms. The van der Waals surface area contributed by atoms with E-state index < -0.39 is 0 Å². The smallest absolute Gasteiger partial charge is 0.255 e. The van der Waals surface area contributed by atoms with Gasteiger partial charge in [-0.05, 0) is 51.2 Å². The van der Waals surface area contributed by atoms with Crippen molar-refractivity contribution in [2.45, 2.75) is 70.3 Å². The van der Waals surface area contributed by atoms with Gasteiger partial charge >= 0.3 is 0 Å². The number of nitrogens with one attached hydrogen (secondary N) is 1. The normalized spacial score (nSPS) is 17.9. The van der Waals surface area contributed by atoms with E-state index in [1.54, 1.807) is 6.20 Å². The summed E-state index contributed by atoms with van der Waals surface area (Å²) in [5.74, 6) is 1.85. The highest BCUT2D eigenvalue weighted by Crippen LogP contribution is 2.42. The number of hydrogen-bond donors (Lipinski definition) is 1. The molecule has 0 unspecified atom stereocenters. The predicted molar refractivity (Wildman–Crippen MR) is 112 cm³/mol. The summed E-state index contributed by atoms with van der Waals surface area (Å²) in [5, 5.41) is 11.8. The third-order valence-electron chi connectivity index (χ3n) is 6.25. The lowest BCUT2D eigenvalue weighted by molar-refractivity contribution is 0.0931. The number of rotatable bonds is 6. The summed E-state index contributed by atoms with van der Waals surface area (Å²) in [6.45, 7) is 3.94. The number of carbonyl (C=O) groups is 1. The minimum atomic E-state index is -0.353. The summed E-state index contributed by atoms with van der Waals surface area (Å²) in [7, 11) is 0.